The van der Waals surface area contributed by atoms with E-state index in [1.165, 1.54) is 17.0 Å². The number of amides is 2. The van der Waals surface area contributed by atoms with Gasteiger partial charge in [-0.2, -0.15) is 0 Å². The second-order valence-electron chi connectivity index (χ2n) is 11.4. The summed E-state index contributed by atoms with van der Waals surface area (Å²) in [6.45, 7) is 7.12. The first-order chi connectivity index (χ1) is 21.9. The van der Waals surface area contributed by atoms with E-state index < -0.39 is 28.5 Å². The molecule has 0 saturated heterocycles. The van der Waals surface area contributed by atoms with Gasteiger partial charge in [0.05, 0.1) is 10.6 Å². The van der Waals surface area contributed by atoms with Gasteiger partial charge < -0.3 is 10.2 Å². The summed E-state index contributed by atoms with van der Waals surface area (Å²) < 4.78 is 30.3. The Bertz CT molecular complexity index is 1750. The van der Waals surface area contributed by atoms with Crippen molar-refractivity contribution >= 4 is 55.1 Å². The largest absolute Gasteiger partial charge is 0.352 e. The van der Waals surface area contributed by atoms with Crippen LogP contribution in [0.25, 0.3) is 0 Å². The molecule has 0 heterocycles. The average molecular weight is 725 g/mol. The van der Waals surface area contributed by atoms with Gasteiger partial charge in [0.15, 0.2) is 0 Å². The van der Waals surface area contributed by atoms with Crippen LogP contribution < -0.4 is 9.62 Å². The first kappa shape index (κ1) is 35.2. The number of hydrogen-bond acceptors (Lipinski definition) is 4. The lowest BCUT2D eigenvalue weighted by Crippen LogP contribution is -2.54. The topological polar surface area (TPSA) is 86.8 Å². The van der Waals surface area contributed by atoms with Crippen LogP contribution in [0.3, 0.4) is 0 Å². The van der Waals surface area contributed by atoms with Gasteiger partial charge in [0, 0.05) is 28.5 Å². The van der Waals surface area contributed by atoms with E-state index in [1.807, 2.05) is 82.3 Å². The van der Waals surface area contributed by atoms with Gasteiger partial charge in [0.1, 0.15) is 12.6 Å². The molecule has 0 aliphatic rings. The van der Waals surface area contributed by atoms with Crippen LogP contribution in [0.1, 0.15) is 42.5 Å². The molecule has 242 valence electrons. The molecule has 0 radical (unpaired) electrons. The molecular formula is C36H39BrClN3O4S. The Labute approximate surface area is 285 Å². The van der Waals surface area contributed by atoms with Crippen molar-refractivity contribution in [3.8, 4) is 0 Å². The summed E-state index contributed by atoms with van der Waals surface area (Å²) in [6.07, 6.45) is 0.952. The van der Waals surface area contributed by atoms with E-state index in [2.05, 4.69) is 21.2 Å². The highest BCUT2D eigenvalue weighted by atomic mass is 79.9. The van der Waals surface area contributed by atoms with Gasteiger partial charge in [-0.1, -0.05) is 101 Å². The number of aryl methyl sites for hydroxylation is 2. The van der Waals surface area contributed by atoms with Crippen molar-refractivity contribution in [2.75, 3.05) is 10.8 Å². The highest BCUT2D eigenvalue weighted by Crippen LogP contribution is 2.29. The summed E-state index contributed by atoms with van der Waals surface area (Å²) in [5.74, 6) is -0.842. The minimum atomic E-state index is -4.21. The lowest BCUT2D eigenvalue weighted by Gasteiger charge is -2.34. The van der Waals surface area contributed by atoms with Gasteiger partial charge in [0.25, 0.3) is 10.0 Å². The van der Waals surface area contributed by atoms with E-state index in [0.717, 1.165) is 31.0 Å². The second-order valence-corrected chi connectivity index (χ2v) is 14.6. The number of nitrogens with one attached hydrogen (secondary N) is 1. The number of carbonyl (C=O) groups excluding carboxylic acids is 2. The molecule has 0 fully saturated rings. The standard InChI is InChI=1S/C36H39BrClN3O4S/c1-5-27(4)39-36(43)34(21-28-9-7-6-8-10-28)40(23-29-14-16-30(37)17-15-29)35(42)24-41(31-18-13-26(3)33(38)22-31)46(44,45)32-19-11-25(2)12-20-32/h6-20,22,27,34H,5,21,23-24H2,1-4H3,(H,39,43)/t27-,34-/m0/s1. The minimum Gasteiger partial charge on any atom is -0.352 e. The third kappa shape index (κ3) is 8.99. The van der Waals surface area contributed by atoms with E-state index in [1.54, 1.807) is 30.3 Å². The number of rotatable bonds is 13. The molecule has 0 aromatic heterocycles. The molecule has 0 spiro atoms. The molecule has 10 heteroatoms. The number of halogens is 2. The third-order valence-electron chi connectivity index (χ3n) is 7.87. The van der Waals surface area contributed by atoms with Crippen molar-refractivity contribution in [1.82, 2.24) is 10.2 Å². The highest BCUT2D eigenvalue weighted by molar-refractivity contribution is 9.10. The first-order valence-electron chi connectivity index (χ1n) is 15.1. The molecule has 4 aromatic carbocycles. The molecule has 2 amide bonds. The Morgan fingerprint density at radius 2 is 1.54 bits per heavy atom. The maximum absolute atomic E-state index is 14.6. The quantitative estimate of drug-likeness (QED) is 0.155. The van der Waals surface area contributed by atoms with Crippen LogP contribution >= 0.6 is 27.5 Å². The lowest BCUT2D eigenvalue weighted by atomic mass is 10.0. The van der Waals surface area contributed by atoms with Crippen LogP contribution in [0.4, 0.5) is 5.69 Å². The van der Waals surface area contributed by atoms with Gasteiger partial charge in [-0.25, -0.2) is 8.42 Å². The average Bonchev–Trinajstić information content (AvgIpc) is 3.04. The van der Waals surface area contributed by atoms with Gasteiger partial charge in [-0.15, -0.1) is 0 Å². The van der Waals surface area contributed by atoms with Crippen LogP contribution in [0, 0.1) is 13.8 Å². The molecule has 0 bridgehead atoms. The number of anilines is 1. The van der Waals surface area contributed by atoms with E-state index >= 15 is 0 Å². The molecule has 7 nitrogen and oxygen atoms in total. The van der Waals surface area contributed by atoms with Gasteiger partial charge in [0.2, 0.25) is 11.8 Å². The fourth-order valence-electron chi connectivity index (χ4n) is 4.88. The number of carbonyl (C=O) groups is 2. The summed E-state index contributed by atoms with van der Waals surface area (Å²) in [4.78, 5) is 30.0. The molecule has 2 atom stereocenters. The zero-order chi connectivity index (χ0) is 33.4. The fourth-order valence-corrected chi connectivity index (χ4v) is 6.73. The zero-order valence-electron chi connectivity index (χ0n) is 26.4. The van der Waals surface area contributed by atoms with Crippen molar-refractivity contribution in [1.29, 1.82) is 0 Å². The number of hydrogen-bond donors (Lipinski definition) is 1. The number of nitrogens with zero attached hydrogens (tertiary/aromatic N) is 2. The SMILES string of the molecule is CC[C@H](C)NC(=O)[C@H](Cc1ccccc1)N(Cc1ccc(Br)cc1)C(=O)CN(c1ccc(C)c(Cl)c1)S(=O)(=O)c1ccc(C)cc1. The molecule has 0 unspecified atom stereocenters. The van der Waals surface area contributed by atoms with Crippen molar-refractivity contribution in [2.24, 2.45) is 0 Å². The van der Waals surface area contributed by atoms with Crippen molar-refractivity contribution in [3.05, 3.63) is 129 Å². The molecule has 4 rings (SSSR count). The van der Waals surface area contributed by atoms with Crippen LogP contribution in [0.5, 0.6) is 0 Å². The molecule has 4 aromatic rings. The Kier molecular flexibility index (Phi) is 12.1. The van der Waals surface area contributed by atoms with Crippen LogP contribution in [-0.4, -0.2) is 43.8 Å². The molecule has 0 saturated carbocycles. The fraction of sp³-hybridized carbons (Fsp3) is 0.278. The van der Waals surface area contributed by atoms with Crippen molar-refractivity contribution in [3.63, 3.8) is 0 Å². The second kappa shape index (κ2) is 15.8. The molecule has 1 N–H and O–H groups in total. The third-order valence-corrected chi connectivity index (χ3v) is 10.6. The minimum absolute atomic E-state index is 0.0393. The smallest absolute Gasteiger partial charge is 0.264 e. The van der Waals surface area contributed by atoms with E-state index in [0.29, 0.717) is 11.4 Å². The van der Waals surface area contributed by atoms with E-state index in [-0.39, 0.29) is 35.5 Å². The summed E-state index contributed by atoms with van der Waals surface area (Å²) in [5.41, 5.74) is 3.58. The van der Waals surface area contributed by atoms with Crippen LogP contribution in [-0.2, 0) is 32.6 Å². The monoisotopic (exact) mass is 723 g/mol. The molecule has 0 aliphatic carbocycles. The Morgan fingerprint density at radius 1 is 0.891 bits per heavy atom. The zero-order valence-corrected chi connectivity index (χ0v) is 29.6. The Morgan fingerprint density at radius 3 is 2.15 bits per heavy atom. The number of sulfonamides is 1. The Balaban J connectivity index is 1.82. The predicted octanol–water partition coefficient (Wildman–Crippen LogP) is 7.47. The molecule has 46 heavy (non-hydrogen) atoms. The lowest BCUT2D eigenvalue weighted by molar-refractivity contribution is -0.140. The highest BCUT2D eigenvalue weighted by Gasteiger charge is 2.35. The number of benzene rings is 4. The summed E-state index contributed by atoms with van der Waals surface area (Å²) >= 11 is 9.93. The summed E-state index contributed by atoms with van der Waals surface area (Å²) in [7, 11) is -4.21. The van der Waals surface area contributed by atoms with Gasteiger partial charge >= 0.3 is 0 Å². The normalized spacial score (nSPS) is 12.7. The Hall–Kier alpha value is -3.66. The summed E-state index contributed by atoms with van der Waals surface area (Å²) in [6, 6.07) is 27.3. The van der Waals surface area contributed by atoms with Gasteiger partial charge in [-0.3, -0.25) is 13.9 Å². The predicted molar refractivity (Wildman–Crippen MR) is 188 cm³/mol. The van der Waals surface area contributed by atoms with Gasteiger partial charge in [-0.05, 0) is 80.3 Å². The van der Waals surface area contributed by atoms with E-state index in [9.17, 15) is 18.0 Å². The van der Waals surface area contributed by atoms with Crippen molar-refractivity contribution in [2.45, 2.75) is 64.1 Å². The van der Waals surface area contributed by atoms with E-state index in [4.69, 9.17) is 11.6 Å². The maximum atomic E-state index is 14.6. The molecule has 0 aliphatic heterocycles. The maximum Gasteiger partial charge on any atom is 0.264 e. The first-order valence-corrected chi connectivity index (χ1v) is 17.7. The van der Waals surface area contributed by atoms with Crippen LogP contribution in [0.2, 0.25) is 5.02 Å². The van der Waals surface area contributed by atoms with Crippen molar-refractivity contribution < 1.29 is 18.0 Å². The molecular weight excluding hydrogens is 686 g/mol. The van der Waals surface area contributed by atoms with Crippen LogP contribution in [0.15, 0.2) is 106 Å². The summed E-state index contributed by atoms with van der Waals surface area (Å²) in [5, 5.41) is 3.42.